The average molecular weight is 441 g/mol. The highest BCUT2D eigenvalue weighted by atomic mass is 32.2. The fourth-order valence-corrected chi connectivity index (χ4v) is 4.08. The molecule has 1 aliphatic heterocycles. The van der Waals surface area contributed by atoms with E-state index in [0.29, 0.717) is 25.7 Å². The first-order chi connectivity index (χ1) is 14.5. The molecule has 0 radical (unpaired) electrons. The Morgan fingerprint density at radius 2 is 1.97 bits per heavy atom. The molecule has 1 heterocycles. The van der Waals surface area contributed by atoms with E-state index in [2.05, 4.69) is 27.3 Å². The molecule has 1 saturated heterocycles. The minimum absolute atomic E-state index is 0.0228. The first-order valence-corrected chi connectivity index (χ1v) is 12.3. The van der Waals surface area contributed by atoms with E-state index >= 15 is 0 Å². The Morgan fingerprint density at radius 1 is 1.20 bits per heavy atom. The molecule has 1 fully saturated rings. The van der Waals surface area contributed by atoms with Crippen molar-refractivity contribution in [3.05, 3.63) is 29.8 Å². The smallest absolute Gasteiger partial charge is 0.240 e. The normalized spacial score (nSPS) is 17.3. The van der Waals surface area contributed by atoms with Crippen molar-refractivity contribution in [3.8, 4) is 0 Å². The van der Waals surface area contributed by atoms with Crippen molar-refractivity contribution >= 4 is 16.0 Å². The lowest BCUT2D eigenvalue weighted by molar-refractivity contribution is 0.114. The van der Waals surface area contributed by atoms with E-state index in [1.54, 1.807) is 19.2 Å². The zero-order valence-corrected chi connectivity index (χ0v) is 19.0. The molecule has 1 atom stereocenters. The number of nitrogens with one attached hydrogen (secondary N) is 3. The Morgan fingerprint density at radius 3 is 2.63 bits per heavy atom. The van der Waals surface area contributed by atoms with Crippen LogP contribution in [0.3, 0.4) is 0 Å². The van der Waals surface area contributed by atoms with Gasteiger partial charge in [0, 0.05) is 46.5 Å². The number of nitrogens with zero attached hydrogens (tertiary/aromatic N) is 1. The fraction of sp³-hybridized carbons (Fsp3) is 0.667. The molecule has 30 heavy (non-hydrogen) atoms. The van der Waals surface area contributed by atoms with Gasteiger partial charge in [-0.3, -0.25) is 4.99 Å². The minimum Gasteiger partial charge on any atom is -0.381 e. The number of ether oxygens (including phenoxy) is 2. The number of rotatable bonds is 13. The highest BCUT2D eigenvalue weighted by Gasteiger charge is 2.20. The summed E-state index contributed by atoms with van der Waals surface area (Å²) in [5, 5.41) is 6.48. The van der Waals surface area contributed by atoms with Gasteiger partial charge in [0.15, 0.2) is 5.96 Å². The highest BCUT2D eigenvalue weighted by molar-refractivity contribution is 7.89. The third-order valence-corrected chi connectivity index (χ3v) is 6.28. The van der Waals surface area contributed by atoms with E-state index in [-0.39, 0.29) is 11.0 Å². The van der Waals surface area contributed by atoms with E-state index in [9.17, 15) is 8.42 Å². The Labute approximate surface area is 180 Å². The van der Waals surface area contributed by atoms with Gasteiger partial charge in [0.05, 0.1) is 11.0 Å². The van der Waals surface area contributed by atoms with E-state index in [1.165, 1.54) is 0 Å². The quantitative estimate of drug-likeness (QED) is 0.246. The lowest BCUT2D eigenvalue weighted by Crippen LogP contribution is -2.37. The molecule has 0 saturated carbocycles. The number of hydrogen-bond donors (Lipinski definition) is 3. The Kier molecular flexibility index (Phi) is 11.1. The Bertz CT molecular complexity index is 732. The van der Waals surface area contributed by atoms with Crippen LogP contribution in [0.2, 0.25) is 0 Å². The maximum absolute atomic E-state index is 12.4. The van der Waals surface area contributed by atoms with Gasteiger partial charge in [-0.2, -0.15) is 0 Å². The summed E-state index contributed by atoms with van der Waals surface area (Å²) in [7, 11) is -1.80. The molecule has 0 aromatic heterocycles. The number of guanidine groups is 1. The SMILES string of the molecule is CCCCOCCCNC(=NC)NCc1ccc(S(=O)(=O)NCC2CCCO2)cc1. The number of sulfonamides is 1. The van der Waals surface area contributed by atoms with Crippen LogP contribution in [0, 0.1) is 0 Å². The van der Waals surface area contributed by atoms with Gasteiger partial charge in [0.25, 0.3) is 0 Å². The zero-order chi connectivity index (χ0) is 21.7. The monoisotopic (exact) mass is 440 g/mol. The van der Waals surface area contributed by atoms with E-state index in [4.69, 9.17) is 9.47 Å². The summed E-state index contributed by atoms with van der Waals surface area (Å²) in [4.78, 5) is 4.46. The maximum atomic E-state index is 12.4. The van der Waals surface area contributed by atoms with Crippen LogP contribution < -0.4 is 15.4 Å². The summed E-state index contributed by atoms with van der Waals surface area (Å²) in [6.07, 6.45) is 5.02. The summed E-state index contributed by atoms with van der Waals surface area (Å²) in [5.74, 6) is 0.707. The summed E-state index contributed by atoms with van der Waals surface area (Å²) >= 11 is 0. The molecule has 170 valence electrons. The summed E-state index contributed by atoms with van der Waals surface area (Å²) in [6.45, 7) is 6.06. The van der Waals surface area contributed by atoms with Crippen molar-refractivity contribution in [1.29, 1.82) is 0 Å². The zero-order valence-electron chi connectivity index (χ0n) is 18.2. The molecule has 0 amide bonds. The van der Waals surface area contributed by atoms with Gasteiger partial charge in [0.1, 0.15) is 0 Å². The molecule has 3 N–H and O–H groups in total. The Balaban J connectivity index is 1.71. The summed E-state index contributed by atoms with van der Waals surface area (Å²) < 4.78 is 38.5. The lowest BCUT2D eigenvalue weighted by Gasteiger charge is -2.13. The van der Waals surface area contributed by atoms with E-state index < -0.39 is 10.0 Å². The van der Waals surface area contributed by atoms with Crippen LogP contribution in [0.25, 0.3) is 0 Å². The number of aliphatic imine (C=N–C) groups is 1. The fourth-order valence-electron chi connectivity index (χ4n) is 3.01. The van der Waals surface area contributed by atoms with Crippen molar-refractivity contribution in [1.82, 2.24) is 15.4 Å². The molecule has 1 aromatic rings. The highest BCUT2D eigenvalue weighted by Crippen LogP contribution is 2.14. The minimum atomic E-state index is -3.52. The number of unbranched alkanes of at least 4 members (excludes halogenated alkanes) is 1. The molecule has 0 aliphatic carbocycles. The van der Waals surface area contributed by atoms with Crippen molar-refractivity contribution in [2.45, 2.75) is 56.6 Å². The van der Waals surface area contributed by atoms with Crippen molar-refractivity contribution in [3.63, 3.8) is 0 Å². The topological polar surface area (TPSA) is 101 Å². The second-order valence-electron chi connectivity index (χ2n) is 7.30. The molecule has 0 bridgehead atoms. The van der Waals surface area contributed by atoms with Crippen molar-refractivity contribution in [2.75, 3.05) is 40.0 Å². The molecular weight excluding hydrogens is 404 g/mol. The van der Waals surface area contributed by atoms with Gasteiger partial charge < -0.3 is 20.1 Å². The second kappa shape index (κ2) is 13.6. The molecule has 1 aromatic carbocycles. The predicted octanol–water partition coefficient (Wildman–Crippen LogP) is 2.02. The van der Waals surface area contributed by atoms with Gasteiger partial charge in [-0.15, -0.1) is 0 Å². The van der Waals surface area contributed by atoms with E-state index in [0.717, 1.165) is 57.4 Å². The van der Waals surface area contributed by atoms with Crippen LogP contribution in [0.1, 0.15) is 44.6 Å². The molecule has 9 heteroatoms. The first-order valence-electron chi connectivity index (χ1n) is 10.8. The van der Waals surface area contributed by atoms with Crippen LogP contribution in [0.4, 0.5) is 0 Å². The molecule has 2 rings (SSSR count). The van der Waals surface area contributed by atoms with Crippen LogP contribution in [0.15, 0.2) is 34.2 Å². The van der Waals surface area contributed by atoms with Crippen LogP contribution in [-0.2, 0) is 26.0 Å². The molecule has 1 aliphatic rings. The predicted molar refractivity (Wildman–Crippen MR) is 119 cm³/mol. The number of benzene rings is 1. The van der Waals surface area contributed by atoms with Crippen LogP contribution in [-0.4, -0.2) is 60.4 Å². The largest absolute Gasteiger partial charge is 0.381 e. The summed E-state index contributed by atoms with van der Waals surface area (Å²) in [5.41, 5.74) is 0.971. The van der Waals surface area contributed by atoms with Crippen molar-refractivity contribution in [2.24, 2.45) is 4.99 Å². The average Bonchev–Trinajstić information content (AvgIpc) is 3.28. The van der Waals surface area contributed by atoms with Gasteiger partial charge in [-0.1, -0.05) is 25.5 Å². The van der Waals surface area contributed by atoms with Crippen LogP contribution in [0.5, 0.6) is 0 Å². The number of hydrogen-bond acceptors (Lipinski definition) is 5. The molecule has 1 unspecified atom stereocenters. The first kappa shape index (κ1) is 24.6. The third kappa shape index (κ3) is 8.99. The third-order valence-electron chi connectivity index (χ3n) is 4.84. The molecule has 0 spiro atoms. The van der Waals surface area contributed by atoms with Gasteiger partial charge in [0.2, 0.25) is 10.0 Å². The second-order valence-corrected chi connectivity index (χ2v) is 9.07. The molecule has 8 nitrogen and oxygen atoms in total. The Hall–Kier alpha value is -1.68. The van der Waals surface area contributed by atoms with Crippen molar-refractivity contribution < 1.29 is 17.9 Å². The standard InChI is InChI=1S/C21H36N4O4S/c1-3-4-13-28-14-6-12-23-21(22-2)24-16-18-8-10-20(11-9-18)30(26,27)25-17-19-7-5-15-29-19/h8-11,19,25H,3-7,12-17H2,1-2H3,(H2,22,23,24). The van der Waals surface area contributed by atoms with Gasteiger partial charge in [-0.05, 0) is 43.4 Å². The maximum Gasteiger partial charge on any atom is 0.240 e. The van der Waals surface area contributed by atoms with E-state index in [1.807, 2.05) is 12.1 Å². The molecular formula is C21H36N4O4S. The van der Waals surface area contributed by atoms with Gasteiger partial charge in [-0.25, -0.2) is 13.1 Å². The van der Waals surface area contributed by atoms with Crippen LogP contribution >= 0.6 is 0 Å². The summed E-state index contributed by atoms with van der Waals surface area (Å²) in [6, 6.07) is 6.86. The van der Waals surface area contributed by atoms with Gasteiger partial charge >= 0.3 is 0 Å². The lowest BCUT2D eigenvalue weighted by atomic mass is 10.2.